The Hall–Kier alpha value is -1.82. The summed E-state index contributed by atoms with van der Waals surface area (Å²) in [7, 11) is 0. The molecule has 0 spiro atoms. The van der Waals surface area contributed by atoms with Crippen molar-refractivity contribution in [1.29, 1.82) is 0 Å². The van der Waals surface area contributed by atoms with Crippen molar-refractivity contribution in [2.75, 3.05) is 36.5 Å². The summed E-state index contributed by atoms with van der Waals surface area (Å²) in [5.74, 6) is 2.30. The quantitative estimate of drug-likeness (QED) is 0.836. The van der Waals surface area contributed by atoms with Crippen molar-refractivity contribution < 1.29 is 4.79 Å². The van der Waals surface area contributed by atoms with Gasteiger partial charge in [-0.3, -0.25) is 4.79 Å². The van der Waals surface area contributed by atoms with Gasteiger partial charge in [0, 0.05) is 36.8 Å². The van der Waals surface area contributed by atoms with Gasteiger partial charge < -0.3 is 16.0 Å². The molecule has 0 radical (unpaired) electrons. The van der Waals surface area contributed by atoms with Crippen LogP contribution in [0.15, 0.2) is 54.6 Å². The molecule has 1 unspecified atom stereocenters. The number of carbonyl (C=O) groups excluding carboxylic acids is 1. The highest BCUT2D eigenvalue weighted by molar-refractivity contribution is 7.99. The zero-order valence-corrected chi connectivity index (χ0v) is 15.2. The molecule has 1 fully saturated rings. The molecular formula is C20H25N3OS. The van der Waals surface area contributed by atoms with Gasteiger partial charge in [-0.1, -0.05) is 42.5 Å². The van der Waals surface area contributed by atoms with E-state index < -0.39 is 6.04 Å². The number of carbonyl (C=O) groups is 1. The van der Waals surface area contributed by atoms with Crippen LogP contribution in [0.2, 0.25) is 0 Å². The predicted molar refractivity (Wildman–Crippen MR) is 106 cm³/mol. The first kappa shape index (κ1) is 18.0. The number of nitrogens with one attached hydrogen (secondary N) is 1. The highest BCUT2D eigenvalue weighted by Crippen LogP contribution is 2.16. The van der Waals surface area contributed by atoms with Crippen LogP contribution < -0.4 is 11.1 Å². The van der Waals surface area contributed by atoms with E-state index in [1.807, 2.05) is 54.2 Å². The first-order chi connectivity index (χ1) is 12.2. The molecule has 0 bridgehead atoms. The van der Waals surface area contributed by atoms with Crippen LogP contribution in [0.4, 0.5) is 5.69 Å². The summed E-state index contributed by atoms with van der Waals surface area (Å²) >= 11 is 2.04. The molecule has 5 heteroatoms. The van der Waals surface area contributed by atoms with Crippen LogP contribution >= 0.6 is 11.8 Å². The fourth-order valence-corrected chi connectivity index (χ4v) is 3.88. The number of nitrogens with zero attached hydrogens (tertiary/aromatic N) is 1. The first-order valence-electron chi connectivity index (χ1n) is 8.73. The van der Waals surface area contributed by atoms with Crippen molar-refractivity contribution in [3.8, 4) is 0 Å². The Bertz CT molecular complexity index is 669. The topological polar surface area (TPSA) is 58.4 Å². The first-order valence-corrected chi connectivity index (χ1v) is 9.88. The molecule has 4 nitrogen and oxygen atoms in total. The summed E-state index contributed by atoms with van der Waals surface area (Å²) in [5.41, 5.74) is 8.92. The molecule has 1 heterocycles. The highest BCUT2D eigenvalue weighted by atomic mass is 32.2. The van der Waals surface area contributed by atoms with Crippen molar-refractivity contribution in [1.82, 2.24) is 4.90 Å². The molecule has 0 saturated carbocycles. The van der Waals surface area contributed by atoms with E-state index in [4.69, 9.17) is 5.73 Å². The summed E-state index contributed by atoms with van der Waals surface area (Å²) in [6, 6.07) is 16.8. The maximum Gasteiger partial charge on any atom is 0.245 e. The molecule has 1 atom stereocenters. The molecule has 2 aromatic carbocycles. The molecule has 0 aromatic heterocycles. The van der Waals surface area contributed by atoms with Crippen molar-refractivity contribution in [2.24, 2.45) is 5.73 Å². The average Bonchev–Trinajstić information content (AvgIpc) is 2.68. The van der Waals surface area contributed by atoms with Gasteiger partial charge in [0.25, 0.3) is 0 Å². The number of thioether (sulfide) groups is 1. The van der Waals surface area contributed by atoms with Gasteiger partial charge in [0.1, 0.15) is 6.04 Å². The Morgan fingerprint density at radius 2 is 1.76 bits per heavy atom. The predicted octanol–water partition coefficient (Wildman–Crippen LogP) is 2.92. The normalized spacial score (nSPS) is 16.4. The molecule has 3 rings (SSSR count). The molecule has 3 N–H and O–H groups in total. The Kier molecular flexibility index (Phi) is 6.50. The van der Waals surface area contributed by atoms with Crippen LogP contribution in [0, 0.1) is 0 Å². The van der Waals surface area contributed by atoms with Gasteiger partial charge in [0.05, 0.1) is 0 Å². The molecule has 1 amide bonds. The fourth-order valence-electron chi connectivity index (χ4n) is 2.90. The van der Waals surface area contributed by atoms with Gasteiger partial charge in [0.15, 0.2) is 0 Å². The van der Waals surface area contributed by atoms with Gasteiger partial charge in [0.2, 0.25) is 5.91 Å². The summed E-state index contributed by atoms with van der Waals surface area (Å²) in [6.07, 6.45) is 1.04. The Balaban J connectivity index is 1.50. The number of anilines is 1. The van der Waals surface area contributed by atoms with E-state index in [2.05, 4.69) is 22.3 Å². The summed E-state index contributed by atoms with van der Waals surface area (Å²) in [5, 5.41) is 2.90. The summed E-state index contributed by atoms with van der Waals surface area (Å²) < 4.78 is 0. The number of nitrogens with two attached hydrogens (primary N) is 1. The van der Waals surface area contributed by atoms with E-state index in [-0.39, 0.29) is 5.91 Å². The van der Waals surface area contributed by atoms with Gasteiger partial charge in [-0.05, 0) is 29.7 Å². The number of rotatable bonds is 6. The second-order valence-corrected chi connectivity index (χ2v) is 7.50. The Labute approximate surface area is 153 Å². The number of amides is 1. The minimum Gasteiger partial charge on any atom is -0.324 e. The number of hydrogen-bond donors (Lipinski definition) is 2. The second kappa shape index (κ2) is 9.04. The molecule has 1 aliphatic heterocycles. The fraction of sp³-hybridized carbons (Fsp3) is 0.350. The molecule has 132 valence electrons. The van der Waals surface area contributed by atoms with Gasteiger partial charge in [-0.2, -0.15) is 11.8 Å². The lowest BCUT2D eigenvalue weighted by atomic mass is 10.1. The molecule has 2 aromatic rings. The lowest BCUT2D eigenvalue weighted by Crippen LogP contribution is -2.34. The zero-order chi connectivity index (χ0) is 17.5. The van der Waals surface area contributed by atoms with Crippen molar-refractivity contribution in [3.05, 3.63) is 65.7 Å². The van der Waals surface area contributed by atoms with E-state index in [1.54, 1.807) is 0 Å². The number of benzene rings is 2. The summed E-state index contributed by atoms with van der Waals surface area (Å²) in [6.45, 7) is 3.48. The molecule has 1 aliphatic rings. The maximum absolute atomic E-state index is 12.3. The number of hydrogen-bond acceptors (Lipinski definition) is 4. The SMILES string of the molecule is NC(C(=O)Nc1ccc(CCN2CCSCC2)cc1)c1ccccc1. The average molecular weight is 356 g/mol. The van der Waals surface area contributed by atoms with Gasteiger partial charge >= 0.3 is 0 Å². The van der Waals surface area contributed by atoms with Crippen molar-refractivity contribution >= 4 is 23.4 Å². The lowest BCUT2D eigenvalue weighted by molar-refractivity contribution is -0.117. The van der Waals surface area contributed by atoms with E-state index in [1.165, 1.54) is 30.2 Å². The van der Waals surface area contributed by atoms with E-state index in [0.29, 0.717) is 0 Å². The van der Waals surface area contributed by atoms with Crippen molar-refractivity contribution in [3.63, 3.8) is 0 Å². The largest absolute Gasteiger partial charge is 0.324 e. The molecule has 1 saturated heterocycles. The molecule has 0 aliphatic carbocycles. The van der Waals surface area contributed by atoms with Crippen LogP contribution in [0.3, 0.4) is 0 Å². The molecular weight excluding hydrogens is 330 g/mol. The van der Waals surface area contributed by atoms with E-state index >= 15 is 0 Å². The Morgan fingerprint density at radius 1 is 1.08 bits per heavy atom. The minimum atomic E-state index is -0.655. The highest BCUT2D eigenvalue weighted by Gasteiger charge is 2.15. The summed E-state index contributed by atoms with van der Waals surface area (Å²) in [4.78, 5) is 14.8. The third kappa shape index (κ3) is 5.33. The van der Waals surface area contributed by atoms with Crippen LogP contribution in [0.5, 0.6) is 0 Å². The second-order valence-electron chi connectivity index (χ2n) is 6.28. The maximum atomic E-state index is 12.3. The van der Waals surface area contributed by atoms with Crippen LogP contribution in [0.1, 0.15) is 17.2 Å². The Morgan fingerprint density at radius 3 is 2.44 bits per heavy atom. The molecule has 25 heavy (non-hydrogen) atoms. The van der Waals surface area contributed by atoms with Gasteiger partial charge in [-0.25, -0.2) is 0 Å². The third-order valence-corrected chi connectivity index (χ3v) is 5.43. The standard InChI is InChI=1S/C20H25N3OS/c21-19(17-4-2-1-3-5-17)20(24)22-18-8-6-16(7-9-18)10-11-23-12-14-25-15-13-23/h1-9,19H,10-15,21H2,(H,22,24). The third-order valence-electron chi connectivity index (χ3n) is 4.48. The zero-order valence-electron chi connectivity index (χ0n) is 14.4. The smallest absolute Gasteiger partial charge is 0.245 e. The van der Waals surface area contributed by atoms with E-state index in [0.717, 1.165) is 24.2 Å². The van der Waals surface area contributed by atoms with Crippen LogP contribution in [0.25, 0.3) is 0 Å². The van der Waals surface area contributed by atoms with Crippen molar-refractivity contribution in [2.45, 2.75) is 12.5 Å². The lowest BCUT2D eigenvalue weighted by Gasteiger charge is -2.26. The monoisotopic (exact) mass is 355 g/mol. The van der Waals surface area contributed by atoms with Crippen LogP contribution in [-0.2, 0) is 11.2 Å². The van der Waals surface area contributed by atoms with Crippen LogP contribution in [-0.4, -0.2) is 41.9 Å². The van der Waals surface area contributed by atoms with E-state index in [9.17, 15) is 4.79 Å². The minimum absolute atomic E-state index is 0.190. The van der Waals surface area contributed by atoms with Gasteiger partial charge in [-0.15, -0.1) is 0 Å².